The SMILES string of the molecule is CCOC(=O)C(C)(C)Oc1ccc(OCCn2c(=O)sc3cc(C(C)=NOC)ccc32)cc1. The van der Waals surface area contributed by atoms with Crippen LogP contribution in [0.1, 0.15) is 33.3 Å². The molecule has 33 heavy (non-hydrogen) atoms. The minimum atomic E-state index is -1.09. The molecule has 3 aromatic rings. The Kier molecular flexibility index (Phi) is 7.75. The molecule has 0 aliphatic heterocycles. The van der Waals surface area contributed by atoms with Crippen LogP contribution in [0.15, 0.2) is 52.4 Å². The fourth-order valence-corrected chi connectivity index (χ4v) is 4.15. The number of carbonyl (C=O) groups is 1. The van der Waals surface area contributed by atoms with Crippen molar-refractivity contribution in [3.05, 3.63) is 57.7 Å². The quantitative estimate of drug-likeness (QED) is 0.249. The van der Waals surface area contributed by atoms with Gasteiger partial charge in [0.2, 0.25) is 0 Å². The van der Waals surface area contributed by atoms with E-state index in [-0.39, 0.29) is 4.87 Å². The van der Waals surface area contributed by atoms with E-state index in [4.69, 9.17) is 19.0 Å². The van der Waals surface area contributed by atoms with E-state index in [1.165, 1.54) is 18.4 Å². The molecular weight excluding hydrogens is 444 g/mol. The minimum Gasteiger partial charge on any atom is -0.492 e. The Labute approximate surface area is 196 Å². The number of oxime groups is 1. The van der Waals surface area contributed by atoms with Crippen LogP contribution in [-0.4, -0.2) is 42.2 Å². The molecule has 0 aliphatic carbocycles. The number of hydrogen-bond acceptors (Lipinski definition) is 8. The molecule has 9 heteroatoms. The molecule has 0 atom stereocenters. The Balaban J connectivity index is 1.62. The van der Waals surface area contributed by atoms with Gasteiger partial charge in [-0.25, -0.2) is 4.79 Å². The highest BCUT2D eigenvalue weighted by Gasteiger charge is 2.31. The van der Waals surface area contributed by atoms with Crippen molar-refractivity contribution >= 4 is 33.2 Å². The van der Waals surface area contributed by atoms with Gasteiger partial charge in [-0.05, 0) is 64.1 Å². The van der Waals surface area contributed by atoms with Gasteiger partial charge in [0.25, 0.3) is 0 Å². The summed E-state index contributed by atoms with van der Waals surface area (Å²) in [6, 6.07) is 12.7. The first kappa shape index (κ1) is 24.3. The molecule has 0 saturated carbocycles. The molecule has 0 radical (unpaired) electrons. The van der Waals surface area contributed by atoms with Crippen molar-refractivity contribution in [2.24, 2.45) is 5.16 Å². The summed E-state index contributed by atoms with van der Waals surface area (Å²) in [4.78, 5) is 29.2. The average Bonchev–Trinajstić information content (AvgIpc) is 3.09. The van der Waals surface area contributed by atoms with Gasteiger partial charge in [0.15, 0.2) is 5.60 Å². The van der Waals surface area contributed by atoms with Crippen LogP contribution in [0.2, 0.25) is 0 Å². The van der Waals surface area contributed by atoms with E-state index in [0.29, 0.717) is 31.3 Å². The molecule has 0 amide bonds. The van der Waals surface area contributed by atoms with Crippen molar-refractivity contribution in [1.29, 1.82) is 0 Å². The summed E-state index contributed by atoms with van der Waals surface area (Å²) in [6.45, 7) is 7.96. The highest BCUT2D eigenvalue weighted by atomic mass is 32.1. The number of hydrogen-bond donors (Lipinski definition) is 0. The molecule has 0 aliphatic rings. The van der Waals surface area contributed by atoms with Crippen molar-refractivity contribution in [2.75, 3.05) is 20.3 Å². The van der Waals surface area contributed by atoms with Crippen LogP contribution in [0, 0.1) is 0 Å². The summed E-state index contributed by atoms with van der Waals surface area (Å²) in [5.74, 6) is 0.744. The Morgan fingerprint density at radius 3 is 2.48 bits per heavy atom. The van der Waals surface area contributed by atoms with E-state index in [9.17, 15) is 9.59 Å². The minimum absolute atomic E-state index is 0.0444. The molecule has 0 bridgehead atoms. The summed E-state index contributed by atoms with van der Waals surface area (Å²) >= 11 is 1.19. The second-order valence-corrected chi connectivity index (χ2v) is 8.71. The predicted molar refractivity (Wildman–Crippen MR) is 129 cm³/mol. The molecule has 1 aromatic heterocycles. The number of carbonyl (C=O) groups excluding carboxylic acids is 1. The lowest BCUT2D eigenvalue weighted by molar-refractivity contribution is -0.158. The number of aromatic nitrogens is 1. The standard InChI is InChI=1S/C24H28N2O6S/c1-6-30-22(27)24(3,4)32-19-10-8-18(9-11-19)31-14-13-26-20-12-7-17(16(2)25-29-5)15-21(20)33-23(26)28/h7-12,15H,6,13-14H2,1-5H3. The highest BCUT2D eigenvalue weighted by Crippen LogP contribution is 2.23. The van der Waals surface area contributed by atoms with E-state index in [0.717, 1.165) is 21.5 Å². The maximum absolute atomic E-state index is 12.5. The molecule has 0 fully saturated rings. The number of rotatable bonds is 10. The Hall–Kier alpha value is -3.33. The Bertz CT molecular complexity index is 1190. The van der Waals surface area contributed by atoms with Gasteiger partial charge in [0, 0.05) is 5.56 Å². The smallest absolute Gasteiger partial charge is 0.349 e. The average molecular weight is 473 g/mol. The van der Waals surface area contributed by atoms with Gasteiger partial charge in [-0.1, -0.05) is 22.6 Å². The van der Waals surface area contributed by atoms with Gasteiger partial charge < -0.3 is 19.0 Å². The number of benzene rings is 2. The van der Waals surface area contributed by atoms with Crippen molar-refractivity contribution in [1.82, 2.24) is 4.57 Å². The fraction of sp³-hybridized carbons (Fsp3) is 0.375. The first-order valence-electron chi connectivity index (χ1n) is 10.6. The number of ether oxygens (including phenoxy) is 3. The largest absolute Gasteiger partial charge is 0.492 e. The van der Waals surface area contributed by atoms with Crippen LogP contribution >= 0.6 is 11.3 Å². The molecular formula is C24H28N2O6S. The number of esters is 1. The lowest BCUT2D eigenvalue weighted by Gasteiger charge is -2.24. The maximum Gasteiger partial charge on any atom is 0.349 e. The van der Waals surface area contributed by atoms with E-state index < -0.39 is 11.6 Å². The topological polar surface area (TPSA) is 88.4 Å². The first-order chi connectivity index (χ1) is 15.7. The molecule has 0 saturated heterocycles. The van der Waals surface area contributed by atoms with Gasteiger partial charge in [0.05, 0.1) is 29.1 Å². The van der Waals surface area contributed by atoms with Crippen LogP contribution in [-0.2, 0) is 20.9 Å². The predicted octanol–water partition coefficient (Wildman–Crippen LogP) is 4.23. The van der Waals surface area contributed by atoms with Gasteiger partial charge in [-0.2, -0.15) is 0 Å². The lowest BCUT2D eigenvalue weighted by Crippen LogP contribution is -2.39. The number of fused-ring (bicyclic) bond motifs is 1. The normalized spacial score (nSPS) is 12.0. The monoisotopic (exact) mass is 472 g/mol. The van der Waals surface area contributed by atoms with Crippen LogP contribution in [0.4, 0.5) is 0 Å². The zero-order valence-corrected chi connectivity index (χ0v) is 20.2. The second kappa shape index (κ2) is 10.5. The van der Waals surface area contributed by atoms with Crippen LogP contribution < -0.4 is 14.3 Å². The molecule has 3 rings (SSSR count). The third kappa shape index (κ3) is 5.92. The summed E-state index contributed by atoms with van der Waals surface area (Å²) in [7, 11) is 1.50. The van der Waals surface area contributed by atoms with Gasteiger partial charge in [0.1, 0.15) is 25.2 Å². The van der Waals surface area contributed by atoms with Gasteiger partial charge in [-0.3, -0.25) is 9.36 Å². The van der Waals surface area contributed by atoms with Crippen molar-refractivity contribution < 1.29 is 23.8 Å². The molecule has 176 valence electrons. The van der Waals surface area contributed by atoms with Crippen molar-refractivity contribution in [2.45, 2.75) is 39.8 Å². The first-order valence-corrected chi connectivity index (χ1v) is 11.4. The van der Waals surface area contributed by atoms with Crippen molar-refractivity contribution in [3.63, 3.8) is 0 Å². The highest BCUT2D eigenvalue weighted by molar-refractivity contribution is 7.16. The van der Waals surface area contributed by atoms with Crippen LogP contribution in [0.3, 0.4) is 0 Å². The fourth-order valence-electron chi connectivity index (χ4n) is 3.19. The Morgan fingerprint density at radius 2 is 1.82 bits per heavy atom. The zero-order valence-electron chi connectivity index (χ0n) is 19.4. The van der Waals surface area contributed by atoms with Crippen LogP contribution in [0.25, 0.3) is 10.2 Å². The van der Waals surface area contributed by atoms with Crippen LogP contribution in [0.5, 0.6) is 11.5 Å². The van der Waals surface area contributed by atoms with E-state index >= 15 is 0 Å². The third-order valence-electron chi connectivity index (χ3n) is 4.86. The van der Waals surface area contributed by atoms with E-state index in [1.54, 1.807) is 49.6 Å². The molecule has 0 spiro atoms. The summed E-state index contributed by atoms with van der Waals surface area (Å²) in [6.07, 6.45) is 0. The Morgan fingerprint density at radius 1 is 1.12 bits per heavy atom. The zero-order chi connectivity index (χ0) is 24.0. The molecule has 0 N–H and O–H groups in total. The number of thiazole rings is 1. The van der Waals surface area contributed by atoms with Gasteiger partial charge >= 0.3 is 10.8 Å². The molecule has 8 nitrogen and oxygen atoms in total. The summed E-state index contributed by atoms with van der Waals surface area (Å²) < 4.78 is 19.2. The second-order valence-electron chi connectivity index (χ2n) is 7.71. The van der Waals surface area contributed by atoms with Gasteiger partial charge in [-0.15, -0.1) is 0 Å². The number of nitrogens with zero attached hydrogens (tertiary/aromatic N) is 2. The molecule has 2 aromatic carbocycles. The van der Waals surface area contributed by atoms with Crippen molar-refractivity contribution in [3.8, 4) is 11.5 Å². The summed E-state index contributed by atoms with van der Waals surface area (Å²) in [5, 5.41) is 3.94. The molecule has 1 heterocycles. The molecule has 0 unspecified atom stereocenters. The lowest BCUT2D eigenvalue weighted by atomic mass is 10.1. The maximum atomic E-state index is 12.5. The third-order valence-corrected chi connectivity index (χ3v) is 5.80. The van der Waals surface area contributed by atoms with E-state index in [1.807, 2.05) is 25.1 Å². The van der Waals surface area contributed by atoms with E-state index in [2.05, 4.69) is 5.16 Å². The summed E-state index contributed by atoms with van der Waals surface area (Å²) in [5.41, 5.74) is 1.41.